The number of nitrogens with one attached hydrogen (secondary N) is 3. The molecule has 4 N–H and O–H groups in total. The van der Waals surface area contributed by atoms with E-state index in [9.17, 15) is 9.90 Å². The molecule has 0 saturated heterocycles. The number of H-pyrrole nitrogens is 2. The molecular weight excluding hydrogens is 414 g/mol. The molecule has 7 heteroatoms. The van der Waals surface area contributed by atoms with Gasteiger partial charge in [-0.05, 0) is 42.8 Å². The molecule has 0 spiro atoms. The highest BCUT2D eigenvalue weighted by Gasteiger charge is 2.17. The lowest BCUT2D eigenvalue weighted by Crippen LogP contribution is -2.11. The summed E-state index contributed by atoms with van der Waals surface area (Å²) in [6.07, 6.45) is 4.89. The largest absolute Gasteiger partial charge is 0.396 e. The number of aryl methyl sites for hydroxylation is 1. The standard InChI is InChI=1S/C26H23N5O2/c32-15-5-10-22-30-23(24(31-22)20-11-13-27-25-21(20)12-14-28-25)18-8-4-9-19(16-18)29-26(33)17-6-2-1-3-7-17/h1-4,6-9,11-14,16,32H,5,10,15H2,(H,27,28)(H,29,33)(H,30,31). The summed E-state index contributed by atoms with van der Waals surface area (Å²) < 4.78 is 0. The van der Waals surface area contributed by atoms with E-state index in [4.69, 9.17) is 4.98 Å². The van der Waals surface area contributed by atoms with E-state index in [1.807, 2.05) is 60.8 Å². The fourth-order valence-electron chi connectivity index (χ4n) is 3.91. The van der Waals surface area contributed by atoms with Crippen molar-refractivity contribution >= 4 is 22.6 Å². The number of nitrogens with zero attached hydrogens (tertiary/aromatic N) is 2. The predicted molar refractivity (Wildman–Crippen MR) is 129 cm³/mol. The zero-order valence-corrected chi connectivity index (χ0v) is 17.9. The van der Waals surface area contributed by atoms with Gasteiger partial charge < -0.3 is 20.4 Å². The van der Waals surface area contributed by atoms with Crippen LogP contribution in [0.5, 0.6) is 0 Å². The van der Waals surface area contributed by atoms with Crippen molar-refractivity contribution < 1.29 is 9.90 Å². The number of amides is 1. The van der Waals surface area contributed by atoms with Gasteiger partial charge >= 0.3 is 0 Å². The van der Waals surface area contributed by atoms with Gasteiger partial charge in [0.05, 0.1) is 11.4 Å². The van der Waals surface area contributed by atoms with E-state index in [0.29, 0.717) is 24.1 Å². The van der Waals surface area contributed by atoms with Crippen molar-refractivity contribution in [3.8, 4) is 22.5 Å². The summed E-state index contributed by atoms with van der Waals surface area (Å²) in [7, 11) is 0. The van der Waals surface area contributed by atoms with E-state index in [-0.39, 0.29) is 12.5 Å². The monoisotopic (exact) mass is 437 g/mol. The minimum absolute atomic E-state index is 0.101. The van der Waals surface area contributed by atoms with Gasteiger partial charge in [-0.1, -0.05) is 30.3 Å². The molecule has 5 aromatic rings. The van der Waals surface area contributed by atoms with Crippen LogP contribution in [0.25, 0.3) is 33.5 Å². The Hall–Kier alpha value is -4.23. The first-order chi connectivity index (χ1) is 16.2. The molecule has 7 nitrogen and oxygen atoms in total. The van der Waals surface area contributed by atoms with Gasteiger partial charge in [0.2, 0.25) is 0 Å². The molecule has 164 valence electrons. The van der Waals surface area contributed by atoms with Crippen LogP contribution in [-0.2, 0) is 6.42 Å². The second-order valence-corrected chi connectivity index (χ2v) is 7.73. The van der Waals surface area contributed by atoms with Crippen LogP contribution in [0.4, 0.5) is 5.69 Å². The minimum Gasteiger partial charge on any atom is -0.396 e. The fraction of sp³-hybridized carbons (Fsp3) is 0.115. The number of benzene rings is 2. The van der Waals surface area contributed by atoms with Gasteiger partial charge in [-0.15, -0.1) is 0 Å². The first-order valence-electron chi connectivity index (χ1n) is 10.8. The van der Waals surface area contributed by atoms with Crippen molar-refractivity contribution in [2.45, 2.75) is 12.8 Å². The molecule has 0 fully saturated rings. The van der Waals surface area contributed by atoms with Crippen molar-refractivity contribution in [2.75, 3.05) is 11.9 Å². The van der Waals surface area contributed by atoms with Crippen LogP contribution in [-0.4, -0.2) is 37.6 Å². The average Bonchev–Trinajstić information content (AvgIpc) is 3.50. The maximum absolute atomic E-state index is 12.6. The van der Waals surface area contributed by atoms with Crippen LogP contribution in [0.1, 0.15) is 22.6 Å². The van der Waals surface area contributed by atoms with Crippen LogP contribution in [0.3, 0.4) is 0 Å². The van der Waals surface area contributed by atoms with Crippen LogP contribution < -0.4 is 5.32 Å². The van der Waals surface area contributed by atoms with Crippen molar-refractivity contribution in [1.82, 2.24) is 19.9 Å². The molecule has 3 heterocycles. The Morgan fingerprint density at radius 2 is 1.91 bits per heavy atom. The molecule has 0 unspecified atom stereocenters. The van der Waals surface area contributed by atoms with Gasteiger partial charge in [0, 0.05) is 53.2 Å². The number of aromatic amines is 2. The zero-order chi connectivity index (χ0) is 22.6. The van der Waals surface area contributed by atoms with Crippen molar-refractivity contribution in [3.63, 3.8) is 0 Å². The predicted octanol–water partition coefficient (Wildman–Crippen LogP) is 4.80. The highest BCUT2D eigenvalue weighted by Crippen LogP contribution is 2.35. The molecule has 0 bridgehead atoms. The van der Waals surface area contributed by atoms with Gasteiger partial charge in [0.1, 0.15) is 11.5 Å². The van der Waals surface area contributed by atoms with E-state index in [0.717, 1.165) is 39.4 Å². The zero-order valence-electron chi connectivity index (χ0n) is 17.9. The lowest BCUT2D eigenvalue weighted by atomic mass is 10.0. The minimum atomic E-state index is -0.165. The number of imidazole rings is 1. The van der Waals surface area contributed by atoms with E-state index in [1.165, 1.54) is 0 Å². The summed E-state index contributed by atoms with van der Waals surface area (Å²) in [6, 6.07) is 20.7. The molecule has 0 radical (unpaired) electrons. The van der Waals surface area contributed by atoms with Crippen molar-refractivity contribution in [2.24, 2.45) is 0 Å². The number of fused-ring (bicyclic) bond motifs is 1. The van der Waals surface area contributed by atoms with Gasteiger partial charge in [-0.3, -0.25) is 4.79 Å². The fourth-order valence-corrected chi connectivity index (χ4v) is 3.91. The Bertz CT molecular complexity index is 1400. The third kappa shape index (κ3) is 4.26. The molecule has 3 aromatic heterocycles. The molecular formula is C26H23N5O2. The Kier molecular flexibility index (Phi) is 5.70. The SMILES string of the molecule is O=C(Nc1cccc(-c2nc(CCCO)[nH]c2-c2ccnc3[nH]ccc23)c1)c1ccccc1. The third-order valence-corrected chi connectivity index (χ3v) is 5.48. The molecule has 0 aliphatic heterocycles. The lowest BCUT2D eigenvalue weighted by Gasteiger charge is -2.08. The summed E-state index contributed by atoms with van der Waals surface area (Å²) in [5.74, 6) is 0.634. The van der Waals surface area contributed by atoms with E-state index >= 15 is 0 Å². The van der Waals surface area contributed by atoms with Crippen LogP contribution in [0.2, 0.25) is 0 Å². The van der Waals surface area contributed by atoms with Crippen molar-refractivity contribution in [1.29, 1.82) is 0 Å². The number of anilines is 1. The van der Waals surface area contributed by atoms with E-state index in [1.54, 1.807) is 18.3 Å². The Labute approximate surface area is 190 Å². The molecule has 5 rings (SSSR count). The Morgan fingerprint density at radius 1 is 1.03 bits per heavy atom. The first kappa shape index (κ1) is 20.7. The Balaban J connectivity index is 1.55. The molecule has 0 aliphatic rings. The van der Waals surface area contributed by atoms with Crippen LogP contribution in [0, 0.1) is 0 Å². The van der Waals surface area contributed by atoms with Crippen molar-refractivity contribution in [3.05, 3.63) is 90.5 Å². The number of hydrogen-bond acceptors (Lipinski definition) is 4. The average molecular weight is 438 g/mol. The van der Waals surface area contributed by atoms with Crippen LogP contribution in [0.15, 0.2) is 79.1 Å². The number of pyridine rings is 1. The number of aromatic nitrogens is 4. The normalized spacial score (nSPS) is 11.1. The maximum Gasteiger partial charge on any atom is 0.255 e. The smallest absolute Gasteiger partial charge is 0.255 e. The number of hydrogen-bond donors (Lipinski definition) is 4. The van der Waals surface area contributed by atoms with Crippen LogP contribution >= 0.6 is 0 Å². The highest BCUT2D eigenvalue weighted by atomic mass is 16.2. The number of rotatable bonds is 7. The number of aliphatic hydroxyl groups is 1. The second kappa shape index (κ2) is 9.10. The van der Waals surface area contributed by atoms with Gasteiger partial charge in [-0.2, -0.15) is 0 Å². The number of carbonyl (C=O) groups excluding carboxylic acids is 1. The number of aliphatic hydroxyl groups excluding tert-OH is 1. The molecule has 0 aliphatic carbocycles. The molecule has 0 atom stereocenters. The molecule has 0 saturated carbocycles. The highest BCUT2D eigenvalue weighted by molar-refractivity contribution is 6.04. The summed E-state index contributed by atoms with van der Waals surface area (Å²) >= 11 is 0. The Morgan fingerprint density at radius 3 is 2.76 bits per heavy atom. The summed E-state index contributed by atoms with van der Waals surface area (Å²) in [6.45, 7) is 0.101. The molecule has 1 amide bonds. The summed E-state index contributed by atoms with van der Waals surface area (Å²) in [5.41, 5.74) is 5.61. The summed E-state index contributed by atoms with van der Waals surface area (Å²) in [4.78, 5) is 28.5. The number of carbonyl (C=O) groups is 1. The van der Waals surface area contributed by atoms with E-state index in [2.05, 4.69) is 20.3 Å². The topological polar surface area (TPSA) is 107 Å². The van der Waals surface area contributed by atoms with Gasteiger partial charge in [0.25, 0.3) is 5.91 Å². The van der Waals surface area contributed by atoms with Gasteiger partial charge in [-0.25, -0.2) is 9.97 Å². The molecule has 2 aromatic carbocycles. The maximum atomic E-state index is 12.6. The second-order valence-electron chi connectivity index (χ2n) is 7.73. The van der Waals surface area contributed by atoms with Gasteiger partial charge in [0.15, 0.2) is 0 Å². The molecule has 33 heavy (non-hydrogen) atoms. The first-order valence-corrected chi connectivity index (χ1v) is 10.8. The quantitative estimate of drug-likeness (QED) is 0.293. The van der Waals surface area contributed by atoms with E-state index < -0.39 is 0 Å². The lowest BCUT2D eigenvalue weighted by molar-refractivity contribution is 0.102. The third-order valence-electron chi connectivity index (χ3n) is 5.48. The summed E-state index contributed by atoms with van der Waals surface area (Å²) in [5, 5.41) is 13.2.